The Morgan fingerprint density at radius 1 is 1.12 bits per heavy atom. The lowest BCUT2D eigenvalue weighted by Crippen LogP contribution is -2.12. The first kappa shape index (κ1) is 15.4. The van der Waals surface area contributed by atoms with Gasteiger partial charge in [-0.25, -0.2) is 0 Å². The van der Waals surface area contributed by atoms with Crippen LogP contribution in [0.2, 0.25) is 0 Å². The summed E-state index contributed by atoms with van der Waals surface area (Å²) < 4.78 is 10.3. The molecule has 0 N–H and O–H groups in total. The highest BCUT2D eigenvalue weighted by atomic mass is 16.5. The predicted molar refractivity (Wildman–Crippen MR) is 65.4 cm³/mol. The SMILES string of the molecule is CCCCC[C@@H](CCCC(=O)OCC)OC. The number of unbranched alkanes of at least 4 members (excludes halogenated alkanes) is 2. The molecular formula is C13H26O3. The second-order valence-electron chi connectivity index (χ2n) is 4.05. The van der Waals surface area contributed by atoms with Crippen molar-refractivity contribution in [2.45, 2.75) is 64.9 Å². The van der Waals surface area contributed by atoms with Crippen molar-refractivity contribution in [3.05, 3.63) is 0 Å². The van der Waals surface area contributed by atoms with E-state index in [-0.39, 0.29) is 5.97 Å². The Kier molecular flexibility index (Phi) is 10.5. The van der Waals surface area contributed by atoms with E-state index in [1.54, 1.807) is 7.11 Å². The molecule has 1 atom stereocenters. The van der Waals surface area contributed by atoms with Gasteiger partial charge in [-0.1, -0.05) is 26.2 Å². The largest absolute Gasteiger partial charge is 0.466 e. The van der Waals surface area contributed by atoms with Gasteiger partial charge in [-0.2, -0.15) is 0 Å². The van der Waals surface area contributed by atoms with Gasteiger partial charge in [0.25, 0.3) is 0 Å². The Morgan fingerprint density at radius 2 is 1.81 bits per heavy atom. The van der Waals surface area contributed by atoms with Crippen molar-refractivity contribution in [3.8, 4) is 0 Å². The maximum atomic E-state index is 11.1. The molecule has 0 aromatic carbocycles. The average molecular weight is 230 g/mol. The van der Waals surface area contributed by atoms with Gasteiger partial charge in [-0.3, -0.25) is 4.79 Å². The van der Waals surface area contributed by atoms with Crippen molar-refractivity contribution >= 4 is 5.97 Å². The lowest BCUT2D eigenvalue weighted by atomic mass is 10.1. The van der Waals surface area contributed by atoms with Gasteiger partial charge < -0.3 is 9.47 Å². The Bertz CT molecular complexity index is 169. The fraction of sp³-hybridized carbons (Fsp3) is 0.923. The van der Waals surface area contributed by atoms with Crippen LogP contribution >= 0.6 is 0 Å². The van der Waals surface area contributed by atoms with Gasteiger partial charge in [0.05, 0.1) is 12.7 Å². The summed E-state index contributed by atoms with van der Waals surface area (Å²) in [6.07, 6.45) is 7.46. The number of esters is 1. The smallest absolute Gasteiger partial charge is 0.305 e. The van der Waals surface area contributed by atoms with E-state index in [2.05, 4.69) is 6.92 Å². The lowest BCUT2D eigenvalue weighted by Gasteiger charge is -2.14. The van der Waals surface area contributed by atoms with Crippen molar-refractivity contribution in [1.29, 1.82) is 0 Å². The zero-order valence-corrected chi connectivity index (χ0v) is 11.0. The number of carbonyl (C=O) groups is 1. The summed E-state index contributed by atoms with van der Waals surface area (Å²) >= 11 is 0. The molecule has 0 radical (unpaired) electrons. The number of methoxy groups -OCH3 is 1. The van der Waals surface area contributed by atoms with Gasteiger partial charge in [0.1, 0.15) is 0 Å². The first-order chi connectivity index (χ1) is 7.74. The molecule has 0 amide bonds. The maximum Gasteiger partial charge on any atom is 0.305 e. The molecule has 0 aliphatic rings. The molecule has 0 aliphatic carbocycles. The lowest BCUT2D eigenvalue weighted by molar-refractivity contribution is -0.143. The molecule has 96 valence electrons. The summed E-state index contributed by atoms with van der Waals surface area (Å²) in [5.74, 6) is -0.0917. The predicted octanol–water partition coefficient (Wildman–Crippen LogP) is 3.32. The fourth-order valence-electron chi connectivity index (χ4n) is 1.71. The summed E-state index contributed by atoms with van der Waals surface area (Å²) in [7, 11) is 1.75. The Morgan fingerprint density at radius 3 is 2.38 bits per heavy atom. The van der Waals surface area contributed by atoms with Gasteiger partial charge >= 0.3 is 5.97 Å². The zero-order valence-electron chi connectivity index (χ0n) is 11.0. The van der Waals surface area contributed by atoms with E-state index in [1.807, 2.05) is 6.92 Å². The van der Waals surface area contributed by atoms with Crippen LogP contribution in [-0.4, -0.2) is 25.8 Å². The molecule has 0 unspecified atom stereocenters. The summed E-state index contributed by atoms with van der Waals surface area (Å²) in [6.45, 7) is 4.51. The highest BCUT2D eigenvalue weighted by Gasteiger charge is 2.08. The van der Waals surface area contributed by atoms with Crippen LogP contribution < -0.4 is 0 Å². The monoisotopic (exact) mass is 230 g/mol. The minimum Gasteiger partial charge on any atom is -0.466 e. The van der Waals surface area contributed by atoms with Gasteiger partial charge in [0.2, 0.25) is 0 Å². The number of carbonyl (C=O) groups excluding carboxylic acids is 1. The summed E-state index contributed by atoms with van der Waals surface area (Å²) in [5.41, 5.74) is 0. The molecule has 0 aromatic heterocycles. The van der Waals surface area contributed by atoms with Crippen LogP contribution in [-0.2, 0) is 14.3 Å². The number of hydrogen-bond acceptors (Lipinski definition) is 3. The third kappa shape index (κ3) is 8.72. The van der Waals surface area contributed by atoms with E-state index in [9.17, 15) is 4.79 Å². The second-order valence-corrected chi connectivity index (χ2v) is 4.05. The molecule has 0 fully saturated rings. The third-order valence-corrected chi connectivity index (χ3v) is 2.68. The van der Waals surface area contributed by atoms with E-state index in [0.717, 1.165) is 19.3 Å². The molecule has 16 heavy (non-hydrogen) atoms. The first-order valence-corrected chi connectivity index (χ1v) is 6.43. The summed E-state index contributed by atoms with van der Waals surface area (Å²) in [4.78, 5) is 11.1. The number of hydrogen-bond donors (Lipinski definition) is 0. The molecule has 0 saturated heterocycles. The molecule has 3 heteroatoms. The zero-order chi connectivity index (χ0) is 12.2. The third-order valence-electron chi connectivity index (χ3n) is 2.68. The quantitative estimate of drug-likeness (QED) is 0.426. The number of rotatable bonds is 10. The van der Waals surface area contributed by atoms with Gasteiger partial charge in [-0.05, 0) is 26.2 Å². The molecule has 0 heterocycles. The molecule has 0 aromatic rings. The molecule has 0 spiro atoms. The van der Waals surface area contributed by atoms with Crippen LogP contribution in [0.3, 0.4) is 0 Å². The standard InChI is InChI=1S/C13H26O3/c1-4-6-7-9-12(15-3)10-8-11-13(14)16-5-2/h12H,4-11H2,1-3H3/t12-/m0/s1. The fourth-order valence-corrected chi connectivity index (χ4v) is 1.71. The maximum absolute atomic E-state index is 11.1. The molecule has 3 nitrogen and oxygen atoms in total. The van der Waals surface area contributed by atoms with Crippen LogP contribution in [0.25, 0.3) is 0 Å². The first-order valence-electron chi connectivity index (χ1n) is 6.43. The van der Waals surface area contributed by atoms with Crippen molar-refractivity contribution in [2.75, 3.05) is 13.7 Å². The van der Waals surface area contributed by atoms with E-state index < -0.39 is 0 Å². The van der Waals surface area contributed by atoms with Crippen molar-refractivity contribution in [2.24, 2.45) is 0 Å². The molecule has 0 saturated carbocycles. The van der Waals surface area contributed by atoms with Crippen LogP contribution in [0.5, 0.6) is 0 Å². The minimum absolute atomic E-state index is 0.0917. The molecule has 0 rings (SSSR count). The molecule has 0 aliphatic heterocycles. The normalized spacial score (nSPS) is 12.4. The van der Waals surface area contributed by atoms with Crippen LogP contribution in [0.15, 0.2) is 0 Å². The van der Waals surface area contributed by atoms with Crippen molar-refractivity contribution in [3.63, 3.8) is 0 Å². The highest BCUT2D eigenvalue weighted by Crippen LogP contribution is 2.12. The summed E-state index contributed by atoms with van der Waals surface area (Å²) in [6, 6.07) is 0. The second kappa shape index (κ2) is 10.9. The highest BCUT2D eigenvalue weighted by molar-refractivity contribution is 5.69. The van der Waals surface area contributed by atoms with E-state index in [0.29, 0.717) is 19.1 Å². The van der Waals surface area contributed by atoms with E-state index >= 15 is 0 Å². The van der Waals surface area contributed by atoms with Crippen molar-refractivity contribution in [1.82, 2.24) is 0 Å². The van der Waals surface area contributed by atoms with Gasteiger partial charge in [0.15, 0.2) is 0 Å². The Hall–Kier alpha value is -0.570. The van der Waals surface area contributed by atoms with Crippen molar-refractivity contribution < 1.29 is 14.3 Å². The Labute approximate surface area is 99.5 Å². The van der Waals surface area contributed by atoms with Crippen LogP contribution in [0.1, 0.15) is 58.8 Å². The summed E-state index contributed by atoms with van der Waals surface area (Å²) in [5, 5.41) is 0. The topological polar surface area (TPSA) is 35.5 Å². The van der Waals surface area contributed by atoms with E-state index in [4.69, 9.17) is 9.47 Å². The van der Waals surface area contributed by atoms with Crippen LogP contribution in [0, 0.1) is 0 Å². The number of ether oxygens (including phenoxy) is 2. The van der Waals surface area contributed by atoms with Gasteiger partial charge in [0, 0.05) is 13.5 Å². The van der Waals surface area contributed by atoms with Crippen LogP contribution in [0.4, 0.5) is 0 Å². The molecular weight excluding hydrogens is 204 g/mol. The Balaban J connectivity index is 3.50. The van der Waals surface area contributed by atoms with Gasteiger partial charge in [-0.15, -0.1) is 0 Å². The van der Waals surface area contributed by atoms with E-state index in [1.165, 1.54) is 19.3 Å². The molecule has 0 bridgehead atoms. The average Bonchev–Trinajstić information content (AvgIpc) is 2.27. The minimum atomic E-state index is -0.0917.